The van der Waals surface area contributed by atoms with Gasteiger partial charge in [-0.1, -0.05) is 47.1 Å². The second-order valence-electron chi connectivity index (χ2n) is 15.2. The van der Waals surface area contributed by atoms with Crippen LogP contribution in [-0.2, 0) is 44.7 Å². The molecular weight excluding hydrogens is 725 g/mol. The van der Waals surface area contributed by atoms with Crippen LogP contribution in [0, 0.1) is 0 Å². The maximum atomic E-state index is 12.0. The summed E-state index contributed by atoms with van der Waals surface area (Å²) in [7, 11) is -1.35. The number of unbranched alkanes of at least 4 members (excludes halogenated alkanes) is 2. The third-order valence-corrected chi connectivity index (χ3v) is 10.6. The minimum Gasteiger partial charge on any atom is -0.744 e. The quantitative estimate of drug-likeness (QED) is 0.0768. The van der Waals surface area contributed by atoms with E-state index in [2.05, 4.69) is 54.5 Å². The van der Waals surface area contributed by atoms with Gasteiger partial charge in [-0.2, -0.15) is 0 Å². The Morgan fingerprint density at radius 1 is 0.927 bits per heavy atom. The highest BCUT2D eigenvalue weighted by atomic mass is 32.2. The van der Waals surface area contributed by atoms with Gasteiger partial charge in [-0.25, -0.2) is 13.0 Å². The van der Waals surface area contributed by atoms with E-state index in [-0.39, 0.29) is 16.7 Å². The number of hydrogen-bond acceptors (Lipinski definition) is 10. The van der Waals surface area contributed by atoms with Crippen molar-refractivity contribution in [2.75, 3.05) is 78.4 Å². The zero-order valence-electron chi connectivity index (χ0n) is 33.4. The van der Waals surface area contributed by atoms with Crippen LogP contribution in [0.3, 0.4) is 0 Å². The van der Waals surface area contributed by atoms with Gasteiger partial charge in [0.1, 0.15) is 34.9 Å². The Hall–Kier alpha value is -3.85. The van der Waals surface area contributed by atoms with Crippen molar-refractivity contribution in [1.29, 1.82) is 0 Å². The standard InChI is InChI=1S/C42H58N2O10S/c1-41(2,3)35-29-32(54-38-28-31(15-17-34(35)38)43(20-22-52-26-24-50-6)21-23-53-27-25-51-7)12-11-13-39-42(4,5)36-30-33(55(47,48)49)16-18-37(36)44(39)19-10-8-9-14-40(45)46/h11-13,15-18,28-30H,8-10,14,19-27H2,1-7H3,(H-,45,46,47,48,49). The Labute approximate surface area is 326 Å². The third kappa shape index (κ3) is 12.1. The minimum atomic E-state index is -4.65. The van der Waals surface area contributed by atoms with Crippen molar-refractivity contribution in [1.82, 2.24) is 4.58 Å². The molecule has 55 heavy (non-hydrogen) atoms. The lowest BCUT2D eigenvalue weighted by molar-refractivity contribution is -0.137. The topological polar surface area (TPSA) is 151 Å². The SMILES string of the molecule is COCCOCC[N+](CCOCCOC)=c1ccc2c(C(C)(C)C)cc(/C=C/C=C3/N(CCCCCC(=O)O)c4ccc(S(=O)(=O)[O-])cc4C3(C)C)oc-2c1. The maximum Gasteiger partial charge on any atom is 0.303 e. The molecule has 0 fully saturated rings. The number of allylic oxidation sites excluding steroid dienone is 3. The molecular formula is C42H58N2O10S. The van der Waals surface area contributed by atoms with E-state index in [9.17, 15) is 17.8 Å². The van der Waals surface area contributed by atoms with Gasteiger partial charge in [0, 0.05) is 55.6 Å². The summed E-state index contributed by atoms with van der Waals surface area (Å²) in [5.41, 5.74) is 3.83. The first-order valence-corrected chi connectivity index (χ1v) is 20.3. The number of carbonyl (C=O) groups is 1. The molecule has 0 saturated heterocycles. The number of fused-ring (bicyclic) bond motifs is 2. The van der Waals surface area contributed by atoms with Gasteiger partial charge >= 0.3 is 5.97 Å². The van der Waals surface area contributed by atoms with Crippen molar-refractivity contribution in [3.63, 3.8) is 0 Å². The molecule has 2 aliphatic heterocycles. The molecule has 0 amide bonds. The van der Waals surface area contributed by atoms with E-state index in [4.69, 9.17) is 28.5 Å². The summed E-state index contributed by atoms with van der Waals surface area (Å²) in [6.07, 6.45) is 8.00. The third-order valence-electron chi connectivity index (χ3n) is 9.76. The molecule has 302 valence electrons. The van der Waals surface area contributed by atoms with Gasteiger partial charge < -0.3 is 37.9 Å². The highest BCUT2D eigenvalue weighted by molar-refractivity contribution is 7.85. The second kappa shape index (κ2) is 19.8. The number of methoxy groups -OCH3 is 2. The van der Waals surface area contributed by atoms with E-state index in [1.807, 2.05) is 32.1 Å². The Kier molecular flexibility index (Phi) is 15.8. The van der Waals surface area contributed by atoms with Crippen molar-refractivity contribution < 1.29 is 46.2 Å². The first kappa shape index (κ1) is 43.9. The van der Waals surface area contributed by atoms with Crippen LogP contribution in [0.5, 0.6) is 0 Å². The molecule has 0 bridgehead atoms. The highest BCUT2D eigenvalue weighted by Crippen LogP contribution is 2.48. The lowest BCUT2D eigenvalue weighted by Gasteiger charge is -2.27. The number of ether oxygens (including phenoxy) is 4. The maximum absolute atomic E-state index is 12.0. The van der Waals surface area contributed by atoms with E-state index in [1.54, 1.807) is 20.3 Å². The minimum absolute atomic E-state index is 0.107. The molecule has 0 unspecified atom stereocenters. The Morgan fingerprint density at radius 2 is 1.60 bits per heavy atom. The molecule has 12 nitrogen and oxygen atoms in total. The summed E-state index contributed by atoms with van der Waals surface area (Å²) in [5, 5.41) is 10.1. The Bertz CT molecular complexity index is 1940. The van der Waals surface area contributed by atoms with Crippen LogP contribution in [0.15, 0.2) is 69.6 Å². The number of rotatable bonds is 21. The largest absolute Gasteiger partial charge is 0.744 e. The van der Waals surface area contributed by atoms with E-state index in [0.29, 0.717) is 71.5 Å². The zero-order chi connectivity index (χ0) is 40.2. The molecule has 4 rings (SSSR count). The highest BCUT2D eigenvalue weighted by Gasteiger charge is 2.40. The number of nitrogens with zero attached hydrogens (tertiary/aromatic N) is 2. The normalized spacial score (nSPS) is 15.1. The molecule has 1 aromatic rings. The molecule has 0 aromatic heterocycles. The fraction of sp³-hybridized carbons (Fsp3) is 0.524. The molecule has 1 aliphatic carbocycles. The van der Waals surface area contributed by atoms with Gasteiger partial charge in [-0.05, 0) is 71.9 Å². The molecule has 1 N–H and O–H groups in total. The fourth-order valence-electron chi connectivity index (χ4n) is 6.81. The Balaban J connectivity index is 1.74. The van der Waals surface area contributed by atoms with Crippen LogP contribution in [0.1, 0.15) is 77.2 Å². The van der Waals surface area contributed by atoms with Gasteiger partial charge in [-0.3, -0.25) is 4.79 Å². The first-order chi connectivity index (χ1) is 26.1. The lowest BCUT2D eigenvalue weighted by Crippen LogP contribution is -2.36. The van der Waals surface area contributed by atoms with E-state index < -0.39 is 21.5 Å². The summed E-state index contributed by atoms with van der Waals surface area (Å²) >= 11 is 0. The van der Waals surface area contributed by atoms with Gasteiger partial charge in [0.15, 0.2) is 13.1 Å². The number of carboxylic acid groups (broad SMARTS) is 1. The Morgan fingerprint density at radius 3 is 2.20 bits per heavy atom. The summed E-state index contributed by atoms with van der Waals surface area (Å²) in [6.45, 7) is 15.6. The van der Waals surface area contributed by atoms with Gasteiger partial charge in [0.05, 0.1) is 37.4 Å². The number of aliphatic carboxylic acids is 1. The number of carboxylic acids is 1. The van der Waals surface area contributed by atoms with Crippen LogP contribution in [0.4, 0.5) is 5.69 Å². The number of hydrogen-bond donors (Lipinski definition) is 1. The summed E-state index contributed by atoms with van der Waals surface area (Å²) in [5.74, 6) is 0.585. The molecule has 0 radical (unpaired) electrons. The van der Waals surface area contributed by atoms with Crippen LogP contribution < -0.4 is 14.8 Å². The number of benzene rings is 2. The molecule has 0 saturated carbocycles. The van der Waals surface area contributed by atoms with Crippen LogP contribution in [-0.4, -0.2) is 97.5 Å². The average Bonchev–Trinajstić information content (AvgIpc) is 3.33. The monoisotopic (exact) mass is 782 g/mol. The van der Waals surface area contributed by atoms with E-state index >= 15 is 0 Å². The summed E-state index contributed by atoms with van der Waals surface area (Å²) in [6, 6.07) is 12.9. The number of anilines is 1. The molecule has 13 heteroatoms. The molecule has 1 aromatic carbocycles. The van der Waals surface area contributed by atoms with Crippen LogP contribution in [0.25, 0.3) is 17.4 Å². The first-order valence-electron chi connectivity index (χ1n) is 18.9. The summed E-state index contributed by atoms with van der Waals surface area (Å²) in [4.78, 5) is 12.9. The van der Waals surface area contributed by atoms with Crippen molar-refractivity contribution >= 4 is 27.9 Å². The molecule has 3 aliphatic rings. The average molecular weight is 783 g/mol. The van der Waals surface area contributed by atoms with Crippen LogP contribution >= 0.6 is 0 Å². The van der Waals surface area contributed by atoms with Gasteiger partial charge in [-0.15, -0.1) is 0 Å². The van der Waals surface area contributed by atoms with Gasteiger partial charge in [0.25, 0.3) is 0 Å². The molecule has 2 heterocycles. The van der Waals surface area contributed by atoms with Crippen molar-refractivity contribution in [3.8, 4) is 11.3 Å². The van der Waals surface area contributed by atoms with Crippen molar-refractivity contribution in [3.05, 3.63) is 82.6 Å². The smallest absolute Gasteiger partial charge is 0.303 e. The fourth-order valence-corrected chi connectivity index (χ4v) is 7.31. The zero-order valence-corrected chi connectivity index (χ0v) is 34.2. The van der Waals surface area contributed by atoms with E-state index in [0.717, 1.165) is 52.0 Å². The lowest BCUT2D eigenvalue weighted by atomic mass is 9.82. The summed E-state index contributed by atoms with van der Waals surface area (Å²) < 4.78 is 66.6. The van der Waals surface area contributed by atoms with Crippen molar-refractivity contribution in [2.24, 2.45) is 0 Å². The molecule has 0 spiro atoms. The van der Waals surface area contributed by atoms with E-state index in [1.165, 1.54) is 12.1 Å². The predicted molar refractivity (Wildman–Crippen MR) is 212 cm³/mol. The van der Waals surface area contributed by atoms with Gasteiger partial charge in [0.2, 0.25) is 5.36 Å². The second-order valence-corrected chi connectivity index (χ2v) is 16.6. The predicted octanol–water partition coefficient (Wildman–Crippen LogP) is 6.02. The van der Waals surface area contributed by atoms with Crippen molar-refractivity contribution in [2.45, 2.75) is 76.0 Å². The van der Waals surface area contributed by atoms with Crippen LogP contribution in [0.2, 0.25) is 0 Å². The molecule has 0 atom stereocenters.